The minimum absolute atomic E-state index is 0.120. The number of carbonyl (C=O) groups excluding carboxylic acids is 1. The molecule has 31 heavy (non-hydrogen) atoms. The Kier molecular flexibility index (Phi) is 9.58. The molecule has 0 fully saturated rings. The number of carbonyl (C=O) groups is 2. The topological polar surface area (TPSA) is 105 Å². The lowest BCUT2D eigenvalue weighted by atomic mass is 9.92. The molecule has 0 aromatic heterocycles. The Morgan fingerprint density at radius 3 is 2.52 bits per heavy atom. The Hall–Kier alpha value is -3.32. The van der Waals surface area contributed by atoms with Gasteiger partial charge in [-0.25, -0.2) is 9.59 Å². The van der Waals surface area contributed by atoms with E-state index in [1.165, 1.54) is 0 Å². The Bertz CT molecular complexity index is 878. The van der Waals surface area contributed by atoms with Crippen molar-refractivity contribution in [3.8, 4) is 5.75 Å². The van der Waals surface area contributed by atoms with Crippen molar-refractivity contribution in [1.29, 1.82) is 0 Å². The largest absolute Gasteiger partial charge is 0.491 e. The molecule has 7 heteroatoms. The summed E-state index contributed by atoms with van der Waals surface area (Å²) in [5, 5.41) is 20.6. The van der Waals surface area contributed by atoms with Crippen LogP contribution in [0.5, 0.6) is 5.75 Å². The molecule has 0 saturated carbocycles. The van der Waals surface area contributed by atoms with Gasteiger partial charge in [0.15, 0.2) is 0 Å². The molecule has 0 spiro atoms. The zero-order chi connectivity index (χ0) is 22.6. The smallest absolute Gasteiger partial charge is 0.412 e. The van der Waals surface area contributed by atoms with Gasteiger partial charge in [0.25, 0.3) is 0 Å². The Morgan fingerprint density at radius 2 is 1.84 bits per heavy atom. The van der Waals surface area contributed by atoms with Gasteiger partial charge in [0, 0.05) is 17.3 Å². The molecule has 0 aliphatic heterocycles. The highest BCUT2D eigenvalue weighted by Crippen LogP contribution is 2.35. The molecule has 2 rings (SSSR count). The van der Waals surface area contributed by atoms with E-state index < -0.39 is 18.2 Å². The number of aliphatic hydroxyl groups excluding tert-OH is 1. The normalized spacial score (nSPS) is 12.9. The zero-order valence-corrected chi connectivity index (χ0v) is 17.8. The molecule has 2 atom stereocenters. The fourth-order valence-corrected chi connectivity index (χ4v) is 3.08. The van der Waals surface area contributed by atoms with Crippen molar-refractivity contribution in [2.75, 3.05) is 18.5 Å². The number of aryl methyl sites for hydroxylation is 1. The lowest BCUT2D eigenvalue weighted by molar-refractivity contribution is -0.131. The van der Waals surface area contributed by atoms with Crippen LogP contribution in [-0.2, 0) is 9.53 Å². The van der Waals surface area contributed by atoms with Gasteiger partial charge in [0.05, 0.1) is 6.61 Å². The fraction of sp³-hybridized carbons (Fsp3) is 0.333. The maximum atomic E-state index is 12.6. The molecule has 0 bridgehead atoms. The minimum atomic E-state index is -0.999. The molecule has 166 valence electrons. The van der Waals surface area contributed by atoms with Crippen LogP contribution < -0.4 is 10.1 Å². The summed E-state index contributed by atoms with van der Waals surface area (Å²) in [5.74, 6) is -0.598. The molecule has 0 radical (unpaired) electrons. The SMILES string of the molecule is Cc1ccc(NC(=O)O[C@H](c2ccccc2OCCO)[C@@H](C)CC/C=C/C(=O)O)cc1. The fourth-order valence-electron chi connectivity index (χ4n) is 3.08. The van der Waals surface area contributed by atoms with Gasteiger partial charge < -0.3 is 19.7 Å². The van der Waals surface area contributed by atoms with E-state index in [1.807, 2.05) is 38.1 Å². The van der Waals surface area contributed by atoms with Crippen LogP contribution in [0.25, 0.3) is 0 Å². The monoisotopic (exact) mass is 427 g/mol. The van der Waals surface area contributed by atoms with Gasteiger partial charge in [-0.15, -0.1) is 0 Å². The predicted octanol–water partition coefficient (Wildman–Crippen LogP) is 4.71. The third-order valence-corrected chi connectivity index (χ3v) is 4.67. The van der Waals surface area contributed by atoms with E-state index in [-0.39, 0.29) is 19.1 Å². The van der Waals surface area contributed by atoms with Gasteiger partial charge in [-0.3, -0.25) is 5.32 Å². The number of nitrogens with one attached hydrogen (secondary N) is 1. The molecule has 0 aliphatic rings. The highest BCUT2D eigenvalue weighted by molar-refractivity contribution is 5.84. The molecular formula is C24H29NO6. The van der Waals surface area contributed by atoms with E-state index in [1.54, 1.807) is 30.3 Å². The van der Waals surface area contributed by atoms with Crippen LogP contribution in [0.2, 0.25) is 0 Å². The number of anilines is 1. The summed E-state index contributed by atoms with van der Waals surface area (Å²) < 4.78 is 11.4. The molecule has 0 heterocycles. The summed E-state index contributed by atoms with van der Waals surface area (Å²) in [6.07, 6.45) is 2.58. The molecular weight excluding hydrogens is 398 g/mol. The summed E-state index contributed by atoms with van der Waals surface area (Å²) in [4.78, 5) is 23.3. The lowest BCUT2D eigenvalue weighted by Crippen LogP contribution is -2.22. The van der Waals surface area contributed by atoms with Crippen molar-refractivity contribution >= 4 is 17.7 Å². The number of aliphatic hydroxyl groups is 1. The third kappa shape index (κ3) is 8.14. The predicted molar refractivity (Wildman–Crippen MR) is 118 cm³/mol. The second-order valence-corrected chi connectivity index (χ2v) is 7.22. The molecule has 3 N–H and O–H groups in total. The number of aliphatic carboxylic acids is 1. The van der Waals surface area contributed by atoms with Gasteiger partial charge >= 0.3 is 12.1 Å². The Balaban J connectivity index is 2.19. The van der Waals surface area contributed by atoms with Crippen LogP contribution in [-0.4, -0.2) is 35.5 Å². The van der Waals surface area contributed by atoms with Crippen LogP contribution in [0, 0.1) is 12.8 Å². The number of hydrogen-bond acceptors (Lipinski definition) is 5. The quantitative estimate of drug-likeness (QED) is 0.449. The average Bonchev–Trinajstić information content (AvgIpc) is 2.75. The van der Waals surface area contributed by atoms with E-state index in [0.717, 1.165) is 11.6 Å². The van der Waals surface area contributed by atoms with Crippen LogP contribution in [0.3, 0.4) is 0 Å². The van der Waals surface area contributed by atoms with Crippen molar-refractivity contribution in [3.63, 3.8) is 0 Å². The molecule has 0 unspecified atom stereocenters. The summed E-state index contributed by atoms with van der Waals surface area (Å²) in [6, 6.07) is 14.6. The van der Waals surface area contributed by atoms with Crippen molar-refractivity contribution in [2.24, 2.45) is 5.92 Å². The molecule has 0 aliphatic carbocycles. The van der Waals surface area contributed by atoms with E-state index in [9.17, 15) is 9.59 Å². The first-order chi connectivity index (χ1) is 14.9. The van der Waals surface area contributed by atoms with Crippen molar-refractivity contribution < 1.29 is 29.3 Å². The number of amides is 1. The molecule has 7 nitrogen and oxygen atoms in total. The lowest BCUT2D eigenvalue weighted by Gasteiger charge is -2.26. The molecule has 2 aromatic rings. The number of allylic oxidation sites excluding steroid dienone is 1. The highest BCUT2D eigenvalue weighted by atomic mass is 16.6. The van der Waals surface area contributed by atoms with E-state index in [2.05, 4.69) is 5.32 Å². The Labute approximate surface area is 182 Å². The maximum absolute atomic E-state index is 12.6. The minimum Gasteiger partial charge on any atom is -0.491 e. The highest BCUT2D eigenvalue weighted by Gasteiger charge is 2.26. The molecule has 1 amide bonds. The molecule has 0 saturated heterocycles. The first kappa shape index (κ1) is 24.0. The van der Waals surface area contributed by atoms with Crippen molar-refractivity contribution in [1.82, 2.24) is 0 Å². The van der Waals surface area contributed by atoms with Gasteiger partial charge in [-0.1, -0.05) is 48.9 Å². The number of benzene rings is 2. The van der Waals surface area contributed by atoms with Gasteiger partial charge in [0.1, 0.15) is 18.5 Å². The van der Waals surface area contributed by atoms with Crippen LogP contribution in [0.15, 0.2) is 60.7 Å². The van der Waals surface area contributed by atoms with Gasteiger partial charge in [-0.05, 0) is 43.9 Å². The zero-order valence-electron chi connectivity index (χ0n) is 17.8. The number of para-hydroxylation sites is 1. The third-order valence-electron chi connectivity index (χ3n) is 4.67. The summed E-state index contributed by atoms with van der Waals surface area (Å²) in [7, 11) is 0. The standard InChI is InChI=1S/C24H29NO6/c1-17-11-13-19(14-12-17)25-24(29)31-23(18(2)7-3-6-10-22(27)28)20-8-4-5-9-21(20)30-16-15-26/h4-6,8-14,18,23,26H,3,7,15-16H2,1-2H3,(H,25,29)(H,27,28)/b10-6+/t18-,23-/m0/s1. The Morgan fingerprint density at radius 1 is 1.13 bits per heavy atom. The van der Waals surface area contributed by atoms with E-state index >= 15 is 0 Å². The number of ether oxygens (including phenoxy) is 2. The number of hydrogen-bond donors (Lipinski definition) is 3. The first-order valence-electron chi connectivity index (χ1n) is 10.2. The van der Waals surface area contributed by atoms with Gasteiger partial charge in [-0.2, -0.15) is 0 Å². The second-order valence-electron chi connectivity index (χ2n) is 7.22. The van der Waals surface area contributed by atoms with Crippen molar-refractivity contribution in [2.45, 2.75) is 32.8 Å². The number of rotatable bonds is 11. The second kappa shape index (κ2) is 12.4. The number of carboxylic acids is 1. The summed E-state index contributed by atoms with van der Waals surface area (Å²) >= 11 is 0. The average molecular weight is 427 g/mol. The van der Waals surface area contributed by atoms with Crippen LogP contribution >= 0.6 is 0 Å². The van der Waals surface area contributed by atoms with E-state index in [4.69, 9.17) is 19.7 Å². The van der Waals surface area contributed by atoms with E-state index in [0.29, 0.717) is 29.8 Å². The first-order valence-corrected chi connectivity index (χ1v) is 10.2. The van der Waals surface area contributed by atoms with Crippen LogP contribution in [0.4, 0.5) is 10.5 Å². The summed E-state index contributed by atoms with van der Waals surface area (Å²) in [5.41, 5.74) is 2.38. The van der Waals surface area contributed by atoms with Gasteiger partial charge in [0.2, 0.25) is 0 Å². The number of carboxylic acid groups (broad SMARTS) is 1. The van der Waals surface area contributed by atoms with Crippen molar-refractivity contribution in [3.05, 3.63) is 71.8 Å². The summed E-state index contributed by atoms with van der Waals surface area (Å²) in [6.45, 7) is 3.88. The maximum Gasteiger partial charge on any atom is 0.412 e. The van der Waals surface area contributed by atoms with Crippen LogP contribution in [0.1, 0.15) is 37.0 Å². The molecule has 2 aromatic carbocycles.